The molecule has 7 nitrogen and oxygen atoms in total. The van der Waals surface area contributed by atoms with Crippen LogP contribution in [0.3, 0.4) is 0 Å². The first-order chi connectivity index (χ1) is 12.6. The Morgan fingerprint density at radius 3 is 2.92 bits per heavy atom. The Hall–Kier alpha value is -2.45. The van der Waals surface area contributed by atoms with Crippen molar-refractivity contribution in [2.24, 2.45) is 7.05 Å². The summed E-state index contributed by atoms with van der Waals surface area (Å²) in [5, 5.41) is 6.91. The third-order valence-electron chi connectivity index (χ3n) is 4.17. The monoisotopic (exact) mass is 389 g/mol. The zero-order chi connectivity index (χ0) is 18.1. The molecule has 0 radical (unpaired) electrons. The summed E-state index contributed by atoms with van der Waals surface area (Å²) in [6.07, 6.45) is 3.57. The lowest BCUT2D eigenvalue weighted by Crippen LogP contribution is -2.32. The van der Waals surface area contributed by atoms with Crippen molar-refractivity contribution in [2.45, 2.75) is 12.5 Å². The number of thiophene rings is 1. The second kappa shape index (κ2) is 7.05. The van der Waals surface area contributed by atoms with Gasteiger partial charge in [0.2, 0.25) is 0 Å². The third kappa shape index (κ3) is 3.42. The zero-order valence-electron chi connectivity index (χ0n) is 14.0. The maximum atomic E-state index is 12.9. The first-order valence-electron chi connectivity index (χ1n) is 8.11. The van der Waals surface area contributed by atoms with E-state index in [0.29, 0.717) is 23.8 Å². The van der Waals surface area contributed by atoms with Gasteiger partial charge in [0.1, 0.15) is 17.5 Å². The van der Waals surface area contributed by atoms with Gasteiger partial charge < -0.3 is 9.64 Å². The Balaban J connectivity index is 1.44. The smallest absolute Gasteiger partial charge is 0.316 e. The molecule has 1 unspecified atom stereocenters. The van der Waals surface area contributed by atoms with Crippen LogP contribution in [0.4, 0.5) is 0 Å². The van der Waals surface area contributed by atoms with E-state index in [2.05, 4.69) is 15.1 Å². The number of nitrogens with zero attached hydrogens (tertiary/aromatic N) is 5. The number of hydrogen-bond acceptors (Lipinski definition) is 6. The van der Waals surface area contributed by atoms with Crippen molar-refractivity contribution in [1.29, 1.82) is 0 Å². The molecule has 0 bridgehead atoms. The van der Waals surface area contributed by atoms with Crippen LogP contribution in [0.5, 0.6) is 6.01 Å². The average molecular weight is 390 g/mol. The summed E-state index contributed by atoms with van der Waals surface area (Å²) in [7, 11) is 1.79. The quantitative estimate of drug-likeness (QED) is 0.686. The summed E-state index contributed by atoms with van der Waals surface area (Å²) in [5.41, 5.74) is 1.38. The Labute approximate surface area is 159 Å². The predicted octanol–water partition coefficient (Wildman–Crippen LogP) is 2.89. The Morgan fingerprint density at radius 1 is 1.38 bits per heavy atom. The minimum absolute atomic E-state index is 0.0501. The number of aryl methyl sites for hydroxylation is 1. The van der Waals surface area contributed by atoms with Gasteiger partial charge in [0.15, 0.2) is 0 Å². The maximum Gasteiger partial charge on any atom is 0.316 e. The molecule has 4 rings (SSSR count). The van der Waals surface area contributed by atoms with E-state index < -0.39 is 0 Å². The van der Waals surface area contributed by atoms with Crippen LogP contribution < -0.4 is 4.74 Å². The van der Waals surface area contributed by atoms with Crippen LogP contribution in [0.25, 0.3) is 10.6 Å². The third-order valence-corrected chi connectivity index (χ3v) is 5.26. The van der Waals surface area contributed by atoms with Crippen LogP contribution in [0, 0.1) is 0 Å². The number of halogens is 1. The number of hydrogen-bond donors (Lipinski definition) is 0. The van der Waals surface area contributed by atoms with Crippen molar-refractivity contribution < 1.29 is 9.53 Å². The lowest BCUT2D eigenvalue weighted by molar-refractivity contribution is 0.0759. The fraction of sp³-hybridized carbons (Fsp3) is 0.294. The van der Waals surface area contributed by atoms with Gasteiger partial charge >= 0.3 is 6.01 Å². The highest BCUT2D eigenvalue weighted by molar-refractivity contribution is 7.13. The van der Waals surface area contributed by atoms with Crippen LogP contribution in [0.15, 0.2) is 36.0 Å². The molecule has 3 aromatic rings. The standard InChI is InChI=1S/C17H16ClN5O2S/c1-22-14(7-13(21-22)15-3-2-6-26-15)16(24)23-5-4-12(10-23)25-17-19-8-11(18)9-20-17/h2-3,6-9,12H,4-5,10H2,1H3. The molecule has 0 aliphatic carbocycles. The maximum absolute atomic E-state index is 12.9. The molecule has 26 heavy (non-hydrogen) atoms. The highest BCUT2D eigenvalue weighted by atomic mass is 35.5. The molecule has 3 aromatic heterocycles. The van der Waals surface area contributed by atoms with E-state index in [1.54, 1.807) is 28.0 Å². The summed E-state index contributed by atoms with van der Waals surface area (Å²) in [6, 6.07) is 6.07. The van der Waals surface area contributed by atoms with Gasteiger partial charge in [-0.25, -0.2) is 9.97 Å². The molecule has 0 saturated carbocycles. The number of likely N-dealkylation sites (tertiary alicyclic amines) is 1. The highest BCUT2D eigenvalue weighted by Gasteiger charge is 2.30. The van der Waals surface area contributed by atoms with Crippen LogP contribution in [-0.4, -0.2) is 49.7 Å². The normalized spacial score (nSPS) is 16.8. The molecule has 1 fully saturated rings. The molecular weight excluding hydrogens is 374 g/mol. The van der Waals surface area contributed by atoms with Crippen LogP contribution in [0.1, 0.15) is 16.9 Å². The molecule has 4 heterocycles. The van der Waals surface area contributed by atoms with E-state index in [0.717, 1.165) is 17.0 Å². The average Bonchev–Trinajstić information content (AvgIpc) is 3.37. The zero-order valence-corrected chi connectivity index (χ0v) is 15.6. The van der Waals surface area contributed by atoms with Gasteiger partial charge in [0.25, 0.3) is 5.91 Å². The SMILES string of the molecule is Cn1nc(-c2cccs2)cc1C(=O)N1CCC(Oc2ncc(Cl)cn2)C1. The van der Waals surface area contributed by atoms with E-state index in [1.165, 1.54) is 12.4 Å². The van der Waals surface area contributed by atoms with E-state index in [1.807, 2.05) is 23.6 Å². The predicted molar refractivity (Wildman–Crippen MR) is 98.5 cm³/mol. The summed E-state index contributed by atoms with van der Waals surface area (Å²) >= 11 is 7.37. The Bertz CT molecular complexity index is 910. The van der Waals surface area contributed by atoms with Crippen molar-refractivity contribution in [3.8, 4) is 16.6 Å². The number of carbonyl (C=O) groups is 1. The highest BCUT2D eigenvalue weighted by Crippen LogP contribution is 2.25. The number of rotatable bonds is 4. The van der Waals surface area contributed by atoms with E-state index in [-0.39, 0.29) is 18.0 Å². The van der Waals surface area contributed by atoms with Crippen molar-refractivity contribution in [3.05, 3.63) is 46.7 Å². The fourth-order valence-corrected chi connectivity index (χ4v) is 3.67. The van der Waals surface area contributed by atoms with Crippen LogP contribution in [0.2, 0.25) is 5.02 Å². The Kier molecular flexibility index (Phi) is 4.60. The molecule has 1 saturated heterocycles. The summed E-state index contributed by atoms with van der Waals surface area (Å²) < 4.78 is 7.38. The fourth-order valence-electron chi connectivity index (χ4n) is 2.89. The number of ether oxygens (including phenoxy) is 1. The van der Waals surface area contributed by atoms with Gasteiger partial charge in [-0.3, -0.25) is 9.48 Å². The van der Waals surface area contributed by atoms with Gasteiger partial charge in [0, 0.05) is 20.0 Å². The van der Waals surface area contributed by atoms with E-state index in [4.69, 9.17) is 16.3 Å². The van der Waals surface area contributed by atoms with Gasteiger partial charge in [0.05, 0.1) is 28.8 Å². The van der Waals surface area contributed by atoms with Crippen molar-refractivity contribution in [3.63, 3.8) is 0 Å². The number of aromatic nitrogens is 4. The van der Waals surface area contributed by atoms with Crippen LogP contribution in [-0.2, 0) is 7.05 Å². The largest absolute Gasteiger partial charge is 0.458 e. The number of carbonyl (C=O) groups excluding carboxylic acids is 1. The molecular formula is C17H16ClN5O2S. The van der Waals surface area contributed by atoms with Crippen molar-refractivity contribution in [1.82, 2.24) is 24.6 Å². The lowest BCUT2D eigenvalue weighted by Gasteiger charge is -2.16. The first kappa shape index (κ1) is 17.0. The van der Waals surface area contributed by atoms with E-state index in [9.17, 15) is 4.79 Å². The molecule has 1 aliphatic heterocycles. The molecule has 9 heteroatoms. The van der Waals surface area contributed by atoms with Gasteiger partial charge in [-0.2, -0.15) is 5.10 Å². The Morgan fingerprint density at radius 2 is 2.19 bits per heavy atom. The molecule has 0 aromatic carbocycles. The number of amides is 1. The molecule has 134 valence electrons. The molecule has 1 aliphatic rings. The lowest BCUT2D eigenvalue weighted by atomic mass is 10.3. The van der Waals surface area contributed by atoms with Gasteiger partial charge in [-0.1, -0.05) is 17.7 Å². The van der Waals surface area contributed by atoms with Gasteiger partial charge in [-0.15, -0.1) is 11.3 Å². The minimum Gasteiger partial charge on any atom is -0.458 e. The molecule has 0 spiro atoms. The van der Waals surface area contributed by atoms with E-state index >= 15 is 0 Å². The molecule has 1 amide bonds. The molecule has 1 atom stereocenters. The van der Waals surface area contributed by atoms with Crippen molar-refractivity contribution >= 4 is 28.8 Å². The second-order valence-electron chi connectivity index (χ2n) is 5.98. The first-order valence-corrected chi connectivity index (χ1v) is 9.37. The molecule has 0 N–H and O–H groups in total. The minimum atomic E-state index is -0.134. The summed E-state index contributed by atoms with van der Waals surface area (Å²) in [4.78, 5) is 23.7. The summed E-state index contributed by atoms with van der Waals surface area (Å²) in [5.74, 6) is -0.0501. The van der Waals surface area contributed by atoms with Crippen molar-refractivity contribution in [2.75, 3.05) is 13.1 Å². The van der Waals surface area contributed by atoms with Crippen LogP contribution >= 0.6 is 22.9 Å². The second-order valence-corrected chi connectivity index (χ2v) is 7.36. The summed E-state index contributed by atoms with van der Waals surface area (Å²) in [6.45, 7) is 1.11. The van der Waals surface area contributed by atoms with Gasteiger partial charge in [-0.05, 0) is 17.5 Å². The topological polar surface area (TPSA) is 73.1 Å².